The lowest BCUT2D eigenvalue weighted by atomic mass is 10.0. The summed E-state index contributed by atoms with van der Waals surface area (Å²) in [6, 6.07) is 0. The number of aliphatic hydroxyl groups is 2. The van der Waals surface area contributed by atoms with E-state index in [0.717, 1.165) is 0 Å². The van der Waals surface area contributed by atoms with Crippen molar-refractivity contribution >= 4 is 0 Å². The third kappa shape index (κ3) is 2.44. The van der Waals surface area contributed by atoms with Crippen LogP contribution in [0.5, 0.6) is 0 Å². The molecular weight excluding hydrogens is 147 g/mol. The number of hydrogen-bond donors (Lipinski definition) is 2. The molecule has 2 nitrogen and oxygen atoms in total. The zero-order valence-corrected chi connectivity index (χ0v) is 6.13. The van der Waals surface area contributed by atoms with E-state index >= 15 is 0 Å². The average molecular weight is 158 g/mol. The lowest BCUT2D eigenvalue weighted by Crippen LogP contribution is -2.06. The van der Waals surface area contributed by atoms with Crippen LogP contribution in [-0.4, -0.2) is 16.5 Å². The average Bonchev–Trinajstić information content (AvgIpc) is 1.93. The van der Waals surface area contributed by atoms with Crippen LogP contribution in [0, 0.1) is 0 Å². The number of halogens is 1. The fourth-order valence-corrected chi connectivity index (χ4v) is 1.06. The van der Waals surface area contributed by atoms with Crippen molar-refractivity contribution in [3.63, 3.8) is 0 Å². The predicted molar refractivity (Wildman–Crippen MR) is 39.4 cm³/mol. The normalized spacial score (nSPS) is 18.2. The van der Waals surface area contributed by atoms with Gasteiger partial charge in [0, 0.05) is 12.8 Å². The van der Waals surface area contributed by atoms with E-state index in [4.69, 9.17) is 10.2 Å². The fraction of sp³-hybridized carbons (Fsp3) is 0.500. The van der Waals surface area contributed by atoms with Crippen LogP contribution in [0.25, 0.3) is 0 Å². The molecule has 0 aliphatic heterocycles. The van der Waals surface area contributed by atoms with Crippen LogP contribution >= 0.6 is 0 Å². The second-order valence-electron chi connectivity index (χ2n) is 2.56. The summed E-state index contributed by atoms with van der Waals surface area (Å²) >= 11 is 0. The van der Waals surface area contributed by atoms with Crippen LogP contribution in [0.15, 0.2) is 23.6 Å². The van der Waals surface area contributed by atoms with Gasteiger partial charge in [0.25, 0.3) is 0 Å². The molecule has 2 N–H and O–H groups in total. The van der Waals surface area contributed by atoms with Crippen molar-refractivity contribution < 1.29 is 14.6 Å². The van der Waals surface area contributed by atoms with Gasteiger partial charge in [0.2, 0.25) is 0 Å². The molecule has 62 valence electrons. The summed E-state index contributed by atoms with van der Waals surface area (Å²) in [7, 11) is 0. The highest BCUT2D eigenvalue weighted by Crippen LogP contribution is 2.22. The first-order chi connectivity index (χ1) is 5.20. The summed E-state index contributed by atoms with van der Waals surface area (Å²) in [5.74, 6) is -0.222. The summed E-state index contributed by atoms with van der Waals surface area (Å²) in [4.78, 5) is 0. The van der Waals surface area contributed by atoms with Crippen molar-refractivity contribution in [2.75, 3.05) is 0 Å². The topological polar surface area (TPSA) is 40.5 Å². The molecule has 0 aromatic rings. The molecule has 0 saturated heterocycles. The minimum Gasteiger partial charge on any atom is -0.368 e. The summed E-state index contributed by atoms with van der Waals surface area (Å²) < 4.78 is 12.8. The van der Waals surface area contributed by atoms with E-state index in [0.29, 0.717) is 18.4 Å². The molecule has 0 unspecified atom stereocenters. The monoisotopic (exact) mass is 158 g/mol. The van der Waals surface area contributed by atoms with Crippen molar-refractivity contribution in [1.82, 2.24) is 0 Å². The van der Waals surface area contributed by atoms with Crippen molar-refractivity contribution in [3.05, 3.63) is 23.6 Å². The minimum absolute atomic E-state index is 0.0116. The first kappa shape index (κ1) is 8.43. The van der Waals surface area contributed by atoms with Crippen molar-refractivity contribution in [3.8, 4) is 0 Å². The third-order valence-electron chi connectivity index (χ3n) is 1.60. The first-order valence-corrected chi connectivity index (χ1v) is 3.60. The Hall–Kier alpha value is -0.670. The van der Waals surface area contributed by atoms with Gasteiger partial charge < -0.3 is 10.2 Å². The molecule has 0 aromatic carbocycles. The van der Waals surface area contributed by atoms with Gasteiger partial charge in [0.15, 0.2) is 6.29 Å². The molecule has 1 aliphatic carbocycles. The van der Waals surface area contributed by atoms with Gasteiger partial charge in [0.05, 0.1) is 0 Å². The van der Waals surface area contributed by atoms with E-state index in [1.54, 1.807) is 6.08 Å². The van der Waals surface area contributed by atoms with Crippen LogP contribution in [0.3, 0.4) is 0 Å². The van der Waals surface area contributed by atoms with Crippen molar-refractivity contribution in [1.29, 1.82) is 0 Å². The van der Waals surface area contributed by atoms with Crippen LogP contribution in [0.2, 0.25) is 0 Å². The first-order valence-electron chi connectivity index (χ1n) is 3.60. The molecule has 0 amide bonds. The zero-order valence-electron chi connectivity index (χ0n) is 6.13. The highest BCUT2D eigenvalue weighted by atomic mass is 19.1. The maximum atomic E-state index is 12.8. The Bertz CT molecular complexity index is 194. The van der Waals surface area contributed by atoms with E-state index in [1.807, 2.05) is 6.08 Å². The maximum absolute atomic E-state index is 12.8. The lowest BCUT2D eigenvalue weighted by molar-refractivity contribution is -0.0379. The zero-order chi connectivity index (χ0) is 8.27. The van der Waals surface area contributed by atoms with E-state index in [9.17, 15) is 4.39 Å². The Balaban J connectivity index is 2.60. The molecule has 11 heavy (non-hydrogen) atoms. The summed E-state index contributed by atoms with van der Waals surface area (Å²) in [5, 5.41) is 17.1. The van der Waals surface area contributed by atoms with Crippen LogP contribution in [-0.2, 0) is 0 Å². The van der Waals surface area contributed by atoms with Gasteiger partial charge in [0.1, 0.15) is 5.83 Å². The van der Waals surface area contributed by atoms with Crippen LogP contribution in [0.4, 0.5) is 4.39 Å². The Morgan fingerprint density at radius 1 is 1.55 bits per heavy atom. The van der Waals surface area contributed by atoms with Crippen molar-refractivity contribution in [2.45, 2.75) is 25.6 Å². The Morgan fingerprint density at radius 2 is 2.27 bits per heavy atom. The second kappa shape index (κ2) is 3.64. The molecule has 0 heterocycles. The number of hydrogen-bond acceptors (Lipinski definition) is 2. The highest BCUT2D eigenvalue weighted by molar-refractivity contribution is 5.25. The quantitative estimate of drug-likeness (QED) is 0.594. The van der Waals surface area contributed by atoms with Gasteiger partial charge in [-0.15, -0.1) is 0 Å². The Kier molecular flexibility index (Phi) is 2.79. The van der Waals surface area contributed by atoms with Gasteiger partial charge in [-0.05, 0) is 12.0 Å². The van der Waals surface area contributed by atoms with E-state index in [2.05, 4.69) is 0 Å². The molecule has 0 bridgehead atoms. The van der Waals surface area contributed by atoms with Gasteiger partial charge in [-0.2, -0.15) is 0 Å². The second-order valence-corrected chi connectivity index (χ2v) is 2.56. The SMILES string of the molecule is OC(O)CC1=C(F)CCC=C1. The Labute approximate surface area is 64.7 Å². The molecule has 0 spiro atoms. The molecule has 0 saturated carbocycles. The largest absolute Gasteiger partial charge is 0.368 e. The molecule has 1 aliphatic rings. The highest BCUT2D eigenvalue weighted by Gasteiger charge is 2.10. The lowest BCUT2D eigenvalue weighted by Gasteiger charge is -2.09. The molecule has 0 aromatic heterocycles. The standard InChI is InChI=1S/C8H11FO2/c9-7-4-2-1-3-6(7)5-8(10)11/h1,3,8,10-11H,2,4-5H2. The van der Waals surface area contributed by atoms with Gasteiger partial charge >= 0.3 is 0 Å². The summed E-state index contributed by atoms with van der Waals surface area (Å²) in [6.07, 6.45) is 3.08. The van der Waals surface area contributed by atoms with E-state index < -0.39 is 6.29 Å². The summed E-state index contributed by atoms with van der Waals surface area (Å²) in [6.45, 7) is 0. The molecule has 0 fully saturated rings. The molecule has 0 radical (unpaired) electrons. The molecular formula is C8H11FO2. The number of aliphatic hydroxyl groups excluding tert-OH is 1. The summed E-state index contributed by atoms with van der Waals surface area (Å²) in [5.41, 5.74) is 0.409. The maximum Gasteiger partial charge on any atom is 0.155 e. The van der Waals surface area contributed by atoms with Gasteiger partial charge in [-0.25, -0.2) is 4.39 Å². The molecule has 3 heteroatoms. The smallest absolute Gasteiger partial charge is 0.155 e. The molecule has 0 atom stereocenters. The third-order valence-corrected chi connectivity index (χ3v) is 1.60. The van der Waals surface area contributed by atoms with Crippen LogP contribution < -0.4 is 0 Å². The van der Waals surface area contributed by atoms with E-state index in [1.165, 1.54) is 0 Å². The fourth-order valence-electron chi connectivity index (χ4n) is 1.06. The molecule has 1 rings (SSSR count). The number of allylic oxidation sites excluding steroid dienone is 3. The van der Waals surface area contributed by atoms with Crippen molar-refractivity contribution in [2.24, 2.45) is 0 Å². The van der Waals surface area contributed by atoms with Gasteiger partial charge in [-0.3, -0.25) is 0 Å². The minimum atomic E-state index is -1.45. The van der Waals surface area contributed by atoms with Crippen LogP contribution in [0.1, 0.15) is 19.3 Å². The van der Waals surface area contributed by atoms with E-state index in [-0.39, 0.29) is 12.2 Å². The number of rotatable bonds is 2. The van der Waals surface area contributed by atoms with Gasteiger partial charge in [-0.1, -0.05) is 12.2 Å². The predicted octanol–water partition coefficient (Wildman–Crippen LogP) is 1.26. The Morgan fingerprint density at radius 3 is 2.82 bits per heavy atom.